The molecular weight excluding hydrogens is 293 g/mol. The van der Waals surface area contributed by atoms with Crippen molar-refractivity contribution >= 4 is 17.5 Å². The van der Waals surface area contributed by atoms with Gasteiger partial charge in [0.1, 0.15) is 11.6 Å². The molecule has 23 heavy (non-hydrogen) atoms. The number of nitrogens with two attached hydrogens (primary N) is 1. The predicted octanol–water partition coefficient (Wildman–Crippen LogP) is 2.75. The average molecular weight is 313 g/mol. The Morgan fingerprint density at radius 3 is 2.78 bits per heavy atom. The minimum absolute atomic E-state index is 0.199. The number of halogens is 1. The number of aliphatic imine (C=N–C) groups is 1. The summed E-state index contributed by atoms with van der Waals surface area (Å²) in [6.45, 7) is 2.12. The van der Waals surface area contributed by atoms with Crippen molar-refractivity contribution in [1.29, 1.82) is 0 Å². The van der Waals surface area contributed by atoms with Crippen molar-refractivity contribution in [3.05, 3.63) is 54.0 Å². The molecule has 6 heteroatoms. The Morgan fingerprint density at radius 1 is 1.22 bits per heavy atom. The van der Waals surface area contributed by atoms with Crippen molar-refractivity contribution in [2.24, 2.45) is 10.7 Å². The molecule has 0 unspecified atom stereocenters. The van der Waals surface area contributed by atoms with Gasteiger partial charge in [0.2, 0.25) is 0 Å². The highest BCUT2D eigenvalue weighted by atomic mass is 19.1. The van der Waals surface area contributed by atoms with Crippen LogP contribution in [0.4, 0.5) is 15.9 Å². The van der Waals surface area contributed by atoms with Gasteiger partial charge in [0, 0.05) is 30.5 Å². The summed E-state index contributed by atoms with van der Waals surface area (Å²) in [6.07, 6.45) is 3.95. The molecule has 0 saturated carbocycles. The Morgan fingerprint density at radius 2 is 2.04 bits per heavy atom. The van der Waals surface area contributed by atoms with Gasteiger partial charge in [-0.1, -0.05) is 12.1 Å². The van der Waals surface area contributed by atoms with Crippen LogP contribution in [0.15, 0.2) is 47.6 Å². The number of nitrogens with zero attached hydrogens (tertiary/aromatic N) is 3. The van der Waals surface area contributed by atoms with E-state index < -0.39 is 0 Å². The molecule has 1 aromatic carbocycles. The minimum Gasteiger partial charge on any atom is -0.371 e. The summed E-state index contributed by atoms with van der Waals surface area (Å²) in [5.74, 6) is 0.588. The summed E-state index contributed by atoms with van der Waals surface area (Å²) in [4.78, 5) is 10.6. The number of nitrogens with one attached hydrogen (secondary N) is 1. The molecule has 0 atom stereocenters. The smallest absolute Gasteiger partial charge is 0.194 e. The lowest BCUT2D eigenvalue weighted by atomic mass is 10.1. The van der Waals surface area contributed by atoms with Gasteiger partial charge < -0.3 is 16.0 Å². The van der Waals surface area contributed by atoms with Crippen molar-refractivity contribution < 1.29 is 4.39 Å². The summed E-state index contributed by atoms with van der Waals surface area (Å²) in [5.41, 5.74) is 7.37. The number of benzene rings is 1. The molecule has 1 fully saturated rings. The van der Waals surface area contributed by atoms with Crippen LogP contribution in [0.5, 0.6) is 0 Å². The third kappa shape index (κ3) is 3.77. The van der Waals surface area contributed by atoms with E-state index in [1.165, 1.54) is 6.07 Å². The Labute approximate surface area is 135 Å². The lowest BCUT2D eigenvalue weighted by Crippen LogP contribution is -2.24. The van der Waals surface area contributed by atoms with Gasteiger partial charge >= 0.3 is 0 Å². The quantitative estimate of drug-likeness (QED) is 0.673. The number of guanidine groups is 1. The molecule has 120 valence electrons. The molecule has 1 aromatic heterocycles. The SMILES string of the molecule is NC(=NCc1c(F)cccc1N1CCCC1)Nc1ccccn1. The van der Waals surface area contributed by atoms with E-state index in [9.17, 15) is 4.39 Å². The third-order valence-corrected chi connectivity index (χ3v) is 3.87. The van der Waals surface area contributed by atoms with Crippen LogP contribution in [0, 0.1) is 5.82 Å². The van der Waals surface area contributed by atoms with E-state index in [0.717, 1.165) is 31.6 Å². The predicted molar refractivity (Wildman–Crippen MR) is 91.0 cm³/mol. The molecule has 0 bridgehead atoms. The van der Waals surface area contributed by atoms with Crippen molar-refractivity contribution in [3.8, 4) is 0 Å². The van der Waals surface area contributed by atoms with Gasteiger partial charge in [-0.3, -0.25) is 0 Å². The van der Waals surface area contributed by atoms with E-state index in [-0.39, 0.29) is 18.3 Å². The van der Waals surface area contributed by atoms with Crippen LogP contribution in [0.3, 0.4) is 0 Å². The second kappa shape index (κ2) is 7.09. The highest BCUT2D eigenvalue weighted by Gasteiger charge is 2.17. The number of hydrogen-bond donors (Lipinski definition) is 2. The van der Waals surface area contributed by atoms with Crippen molar-refractivity contribution in [2.75, 3.05) is 23.3 Å². The zero-order chi connectivity index (χ0) is 16.1. The van der Waals surface area contributed by atoms with Crippen LogP contribution in [0.1, 0.15) is 18.4 Å². The number of anilines is 2. The normalized spacial score (nSPS) is 15.0. The molecule has 3 N–H and O–H groups in total. The highest BCUT2D eigenvalue weighted by molar-refractivity contribution is 5.91. The second-order valence-electron chi connectivity index (χ2n) is 5.47. The van der Waals surface area contributed by atoms with Gasteiger partial charge in [0.15, 0.2) is 5.96 Å². The first-order valence-electron chi connectivity index (χ1n) is 7.74. The fraction of sp³-hybridized carbons (Fsp3) is 0.294. The van der Waals surface area contributed by atoms with Crippen molar-refractivity contribution in [3.63, 3.8) is 0 Å². The van der Waals surface area contributed by atoms with Crippen LogP contribution in [-0.4, -0.2) is 24.0 Å². The number of aromatic nitrogens is 1. The van der Waals surface area contributed by atoms with Crippen LogP contribution < -0.4 is 16.0 Å². The Hall–Kier alpha value is -2.63. The van der Waals surface area contributed by atoms with Crippen molar-refractivity contribution in [1.82, 2.24) is 4.98 Å². The van der Waals surface area contributed by atoms with Gasteiger partial charge in [0.25, 0.3) is 0 Å². The third-order valence-electron chi connectivity index (χ3n) is 3.87. The Balaban J connectivity index is 1.75. The molecule has 3 rings (SSSR count). The number of pyridine rings is 1. The summed E-state index contributed by atoms with van der Waals surface area (Å²) >= 11 is 0. The topological polar surface area (TPSA) is 66.5 Å². The fourth-order valence-corrected chi connectivity index (χ4v) is 2.73. The first-order valence-corrected chi connectivity index (χ1v) is 7.74. The zero-order valence-corrected chi connectivity index (χ0v) is 12.9. The Bertz CT molecular complexity index is 681. The second-order valence-corrected chi connectivity index (χ2v) is 5.47. The highest BCUT2D eigenvalue weighted by Crippen LogP contribution is 2.27. The first kappa shape index (κ1) is 15.3. The maximum atomic E-state index is 14.2. The molecule has 0 aliphatic carbocycles. The lowest BCUT2D eigenvalue weighted by Gasteiger charge is -2.21. The van der Waals surface area contributed by atoms with Gasteiger partial charge in [-0.25, -0.2) is 14.4 Å². The number of hydrogen-bond acceptors (Lipinski definition) is 3. The monoisotopic (exact) mass is 313 g/mol. The van der Waals surface area contributed by atoms with Gasteiger partial charge in [-0.15, -0.1) is 0 Å². The largest absolute Gasteiger partial charge is 0.371 e. The molecule has 2 heterocycles. The maximum absolute atomic E-state index is 14.2. The summed E-state index contributed by atoms with van der Waals surface area (Å²) in [7, 11) is 0. The maximum Gasteiger partial charge on any atom is 0.194 e. The zero-order valence-electron chi connectivity index (χ0n) is 12.9. The number of rotatable bonds is 4. The molecule has 0 amide bonds. The summed E-state index contributed by atoms with van der Waals surface area (Å²) in [6, 6.07) is 10.6. The molecule has 1 aliphatic rings. The van der Waals surface area contributed by atoms with E-state index in [1.807, 2.05) is 18.2 Å². The molecule has 0 spiro atoms. The van der Waals surface area contributed by atoms with Crippen molar-refractivity contribution in [2.45, 2.75) is 19.4 Å². The lowest BCUT2D eigenvalue weighted by molar-refractivity contribution is 0.610. The van der Waals surface area contributed by atoms with E-state index in [4.69, 9.17) is 5.73 Å². The molecule has 2 aromatic rings. The van der Waals surface area contributed by atoms with Crippen LogP contribution in [0.25, 0.3) is 0 Å². The molecule has 1 aliphatic heterocycles. The molecule has 5 nitrogen and oxygen atoms in total. The molecule has 1 saturated heterocycles. The van der Waals surface area contributed by atoms with E-state index in [2.05, 4.69) is 20.2 Å². The summed E-state index contributed by atoms with van der Waals surface area (Å²) in [5, 5.41) is 2.90. The fourth-order valence-electron chi connectivity index (χ4n) is 2.73. The van der Waals surface area contributed by atoms with E-state index >= 15 is 0 Å². The summed E-state index contributed by atoms with van der Waals surface area (Å²) < 4.78 is 14.2. The van der Waals surface area contributed by atoms with E-state index in [0.29, 0.717) is 11.4 Å². The average Bonchev–Trinajstić information content (AvgIpc) is 3.09. The van der Waals surface area contributed by atoms with E-state index in [1.54, 1.807) is 18.3 Å². The standard InChI is InChI=1S/C17H20FN5/c18-14-6-5-7-15(23-10-3-4-11-23)13(14)12-21-17(19)22-16-8-1-2-9-20-16/h1-2,5-9H,3-4,10-12H2,(H3,19,20,21,22). The Kier molecular flexibility index (Phi) is 4.71. The molecule has 0 radical (unpaired) electrons. The van der Waals surface area contributed by atoms with Gasteiger partial charge in [0.05, 0.1) is 6.54 Å². The molecular formula is C17H20FN5. The van der Waals surface area contributed by atoms with Crippen LogP contribution in [0.2, 0.25) is 0 Å². The van der Waals surface area contributed by atoms with Crippen LogP contribution >= 0.6 is 0 Å². The first-order chi connectivity index (χ1) is 11.2. The van der Waals surface area contributed by atoms with Crippen LogP contribution in [-0.2, 0) is 6.54 Å². The van der Waals surface area contributed by atoms with Gasteiger partial charge in [-0.05, 0) is 37.1 Å². The minimum atomic E-state index is -0.246. The van der Waals surface area contributed by atoms with Gasteiger partial charge in [-0.2, -0.15) is 0 Å².